The Morgan fingerprint density at radius 1 is 1.30 bits per heavy atom. The summed E-state index contributed by atoms with van der Waals surface area (Å²) >= 11 is 0.681. The molecule has 2 amide bonds. The molecule has 0 aromatic heterocycles. The molecule has 0 radical (unpaired) electrons. The van der Waals surface area contributed by atoms with Gasteiger partial charge in [0.2, 0.25) is 0 Å². The van der Waals surface area contributed by atoms with Crippen molar-refractivity contribution in [3.05, 3.63) is 35.6 Å². The molecule has 1 fully saturated rings. The first-order chi connectivity index (χ1) is 12.6. The number of ketones is 1. The minimum Gasteiger partial charge on any atom is -0.435 e. The largest absolute Gasteiger partial charge is 0.521 e. The number of carbonyl (C=O) groups is 4. The summed E-state index contributed by atoms with van der Waals surface area (Å²) < 4.78 is 12.8. The molecule has 1 aromatic rings. The van der Waals surface area contributed by atoms with Crippen LogP contribution in [0.2, 0.25) is 0 Å². The number of rotatable bonds is 5. The van der Waals surface area contributed by atoms with E-state index in [2.05, 4.69) is 0 Å². The van der Waals surface area contributed by atoms with Crippen LogP contribution < -0.4 is 0 Å². The number of amides is 2. The summed E-state index contributed by atoms with van der Waals surface area (Å²) in [7, 11) is 0. The number of hydrogen-bond donors (Lipinski definition) is 1. The first-order valence-electron chi connectivity index (χ1n) is 8.74. The Labute approximate surface area is 161 Å². The van der Waals surface area contributed by atoms with Gasteiger partial charge in [0.1, 0.15) is 11.9 Å². The van der Waals surface area contributed by atoms with E-state index in [0.717, 1.165) is 6.07 Å². The Morgan fingerprint density at radius 2 is 1.96 bits per heavy atom. The fourth-order valence-corrected chi connectivity index (χ4v) is 4.56. The smallest absolute Gasteiger partial charge is 0.435 e. The number of halogens is 1. The zero-order valence-electron chi connectivity index (χ0n) is 15.5. The Balaban J connectivity index is 2.40. The fraction of sp³-hybridized carbons (Fsp3) is 0.474. The Bertz CT molecular complexity index is 783. The molecule has 2 rings (SSSR count). The first kappa shape index (κ1) is 21.2. The van der Waals surface area contributed by atoms with Crippen LogP contribution in [0.5, 0.6) is 0 Å². The molecule has 27 heavy (non-hydrogen) atoms. The van der Waals surface area contributed by atoms with Crippen molar-refractivity contribution in [2.75, 3.05) is 6.54 Å². The van der Waals surface area contributed by atoms with Crippen LogP contribution in [-0.2, 0) is 9.59 Å². The summed E-state index contributed by atoms with van der Waals surface area (Å²) in [5, 5.41) is 8.27. The maximum Gasteiger partial charge on any atom is 0.521 e. The highest BCUT2D eigenvalue weighted by Crippen LogP contribution is 2.34. The van der Waals surface area contributed by atoms with Crippen LogP contribution in [0.15, 0.2) is 24.3 Å². The predicted octanol–water partition coefficient (Wildman–Crippen LogP) is 3.50. The predicted molar refractivity (Wildman–Crippen MR) is 98.8 cm³/mol. The number of benzene rings is 1. The normalized spacial score (nSPS) is 24.2. The van der Waals surface area contributed by atoms with E-state index < -0.39 is 45.3 Å². The van der Waals surface area contributed by atoms with E-state index in [4.69, 9.17) is 0 Å². The topological polar surface area (TPSA) is 88.5 Å². The van der Waals surface area contributed by atoms with Crippen molar-refractivity contribution in [2.45, 2.75) is 44.9 Å². The maximum absolute atomic E-state index is 13.5. The molecule has 146 valence electrons. The second-order valence-corrected chi connectivity index (χ2v) is 8.22. The molecule has 1 aliphatic heterocycles. The number of nitrogens with zero attached hydrogens (tertiary/aromatic N) is 1. The minimum absolute atomic E-state index is 0.0461. The lowest BCUT2D eigenvalue weighted by Gasteiger charge is -2.33. The molecule has 1 N–H and O–H groups in total. The maximum atomic E-state index is 13.5. The molecule has 1 heterocycles. The second-order valence-electron chi connectivity index (χ2n) is 6.90. The first-order valence-corrected chi connectivity index (χ1v) is 9.62. The molecule has 1 saturated heterocycles. The van der Waals surface area contributed by atoms with Crippen LogP contribution in [0.1, 0.15) is 44.0 Å². The van der Waals surface area contributed by atoms with Gasteiger partial charge in [-0.3, -0.25) is 9.59 Å². The second kappa shape index (κ2) is 8.31. The van der Waals surface area contributed by atoms with Crippen LogP contribution in [0.3, 0.4) is 0 Å². The Hall–Kier alpha value is -2.06. The molecule has 1 aromatic carbocycles. The average Bonchev–Trinajstić information content (AvgIpc) is 3.00. The highest BCUT2D eigenvalue weighted by Gasteiger charge is 2.56. The standard InChI is InChI=1S/C19H22FNO5S/c1-11-6-5-9-21(11,19(25)26)18(24)12(2)17(27-13(3)22)16(23)14-7-4-8-15(20)10-14/h4,7-8,10-12,17H,5-6,9H2,1-3H3/p+1/t11?,12?,17-,21+/m0/s1. The minimum atomic E-state index is -1.25. The molecule has 2 unspecified atom stereocenters. The van der Waals surface area contributed by atoms with Crippen molar-refractivity contribution in [2.24, 2.45) is 5.92 Å². The Morgan fingerprint density at radius 3 is 2.44 bits per heavy atom. The van der Waals surface area contributed by atoms with E-state index in [-0.39, 0.29) is 17.2 Å². The number of imide groups is 1. The summed E-state index contributed by atoms with van der Waals surface area (Å²) in [4.78, 5) is 49.7. The van der Waals surface area contributed by atoms with Crippen LogP contribution >= 0.6 is 11.8 Å². The molecule has 0 aliphatic carbocycles. The SMILES string of the molecule is CC(=O)S[C@H](C(=O)c1cccc(F)c1)C(C)C(=O)[N@@+]1(C(=O)O)CCCC1C. The highest BCUT2D eigenvalue weighted by atomic mass is 32.2. The van der Waals surface area contributed by atoms with Crippen molar-refractivity contribution < 1.29 is 33.2 Å². The molecule has 0 bridgehead atoms. The number of carbonyl (C=O) groups excluding carboxylic acids is 3. The third-order valence-corrected chi connectivity index (χ3v) is 6.33. The molecular formula is C19H23FNO5S+. The van der Waals surface area contributed by atoms with Crippen LogP contribution in [0.4, 0.5) is 9.18 Å². The number of likely N-dealkylation sites (tertiary alicyclic amines) is 1. The summed E-state index contributed by atoms with van der Waals surface area (Å²) in [5.41, 5.74) is 0.0461. The molecule has 1 aliphatic rings. The Kier molecular flexibility index (Phi) is 6.54. The lowest BCUT2D eigenvalue weighted by Crippen LogP contribution is -2.61. The van der Waals surface area contributed by atoms with Gasteiger partial charge in [0.25, 0.3) is 0 Å². The van der Waals surface area contributed by atoms with Gasteiger partial charge in [-0.25, -0.2) is 9.18 Å². The molecule has 8 heteroatoms. The van der Waals surface area contributed by atoms with Gasteiger partial charge in [0.15, 0.2) is 10.9 Å². The number of hydrogen-bond acceptors (Lipinski definition) is 5. The van der Waals surface area contributed by atoms with Crippen molar-refractivity contribution in [3.63, 3.8) is 0 Å². The highest BCUT2D eigenvalue weighted by molar-refractivity contribution is 8.14. The third-order valence-electron chi connectivity index (χ3n) is 5.12. The van der Waals surface area contributed by atoms with Crippen LogP contribution in [0.25, 0.3) is 0 Å². The lowest BCUT2D eigenvalue weighted by atomic mass is 9.96. The van der Waals surface area contributed by atoms with Crippen molar-refractivity contribution in [3.8, 4) is 0 Å². The molecule has 0 saturated carbocycles. The molecule has 6 nitrogen and oxygen atoms in total. The van der Waals surface area contributed by atoms with Gasteiger partial charge in [-0.1, -0.05) is 23.9 Å². The van der Waals surface area contributed by atoms with E-state index in [0.29, 0.717) is 24.6 Å². The number of Topliss-reactive ketones (excluding diaryl/α,β-unsaturated/α-hetero) is 1. The van der Waals surface area contributed by atoms with Crippen molar-refractivity contribution in [1.82, 2.24) is 0 Å². The third kappa shape index (κ3) is 4.11. The number of carboxylic acid groups (broad SMARTS) is 1. The number of thioether (sulfide) groups is 1. The van der Waals surface area contributed by atoms with Gasteiger partial charge in [-0.05, 0) is 26.0 Å². The van der Waals surface area contributed by atoms with Gasteiger partial charge in [0.05, 0.1) is 17.7 Å². The molecule has 0 spiro atoms. The van der Waals surface area contributed by atoms with Crippen LogP contribution in [-0.4, -0.2) is 50.3 Å². The van der Waals surface area contributed by atoms with Gasteiger partial charge < -0.3 is 5.11 Å². The van der Waals surface area contributed by atoms with E-state index in [1.165, 1.54) is 32.0 Å². The van der Waals surface area contributed by atoms with E-state index >= 15 is 0 Å². The summed E-state index contributed by atoms with van der Waals surface area (Å²) in [6, 6.07) is 4.61. The van der Waals surface area contributed by atoms with Gasteiger partial charge in [0, 0.05) is 25.3 Å². The summed E-state index contributed by atoms with van der Waals surface area (Å²) in [6.45, 7) is 4.60. The molecule has 4 atom stereocenters. The molecular weight excluding hydrogens is 373 g/mol. The van der Waals surface area contributed by atoms with E-state index in [1.807, 2.05) is 0 Å². The van der Waals surface area contributed by atoms with Crippen molar-refractivity contribution >= 4 is 34.7 Å². The van der Waals surface area contributed by atoms with E-state index in [9.17, 15) is 28.7 Å². The summed E-state index contributed by atoms with van der Waals surface area (Å²) in [6.07, 6.45) is -0.0665. The monoisotopic (exact) mass is 396 g/mol. The zero-order valence-corrected chi connectivity index (χ0v) is 16.3. The zero-order chi connectivity index (χ0) is 20.4. The number of quaternary nitrogens is 1. The van der Waals surface area contributed by atoms with Gasteiger partial charge in [-0.15, -0.1) is 0 Å². The van der Waals surface area contributed by atoms with Gasteiger partial charge >= 0.3 is 12.0 Å². The quantitative estimate of drug-likeness (QED) is 0.605. The lowest BCUT2D eigenvalue weighted by molar-refractivity contribution is -0.794. The van der Waals surface area contributed by atoms with Crippen LogP contribution in [0, 0.1) is 11.7 Å². The fourth-order valence-electron chi connectivity index (χ4n) is 3.64. The van der Waals surface area contributed by atoms with Gasteiger partial charge in [-0.2, -0.15) is 9.28 Å². The summed E-state index contributed by atoms with van der Waals surface area (Å²) in [5.74, 6) is -2.79. The van der Waals surface area contributed by atoms with Crippen molar-refractivity contribution in [1.29, 1.82) is 0 Å². The average molecular weight is 396 g/mol. The van der Waals surface area contributed by atoms with E-state index in [1.54, 1.807) is 6.92 Å².